The zero-order chi connectivity index (χ0) is 18.5. The van der Waals surface area contributed by atoms with Gasteiger partial charge in [0.15, 0.2) is 0 Å². The Kier molecular flexibility index (Phi) is 5.58. The molecule has 2 N–H and O–H groups in total. The molecule has 0 unspecified atom stereocenters. The molecule has 5 nitrogen and oxygen atoms in total. The largest absolute Gasteiger partial charge is 0.491 e. The van der Waals surface area contributed by atoms with Gasteiger partial charge in [-0.05, 0) is 43.7 Å². The summed E-state index contributed by atoms with van der Waals surface area (Å²) in [6, 6.07) is 15.0. The number of aromatic amines is 1. The van der Waals surface area contributed by atoms with Gasteiger partial charge in [-0.15, -0.1) is 0 Å². The van der Waals surface area contributed by atoms with Crippen molar-refractivity contribution in [1.82, 2.24) is 15.5 Å². The second-order valence-corrected chi connectivity index (χ2v) is 6.60. The van der Waals surface area contributed by atoms with Gasteiger partial charge < -0.3 is 10.1 Å². The van der Waals surface area contributed by atoms with Crippen molar-refractivity contribution >= 4 is 17.5 Å². The SMILES string of the molecule is CC(C)Oc1ccc(CNC(=O)c2cn[nH]c2-c2cccc(Cl)c2)cc1. The molecule has 3 aromatic rings. The van der Waals surface area contributed by atoms with E-state index < -0.39 is 0 Å². The molecule has 134 valence electrons. The van der Waals surface area contributed by atoms with Gasteiger partial charge >= 0.3 is 0 Å². The average Bonchev–Trinajstić information content (AvgIpc) is 3.10. The van der Waals surface area contributed by atoms with Gasteiger partial charge in [0.1, 0.15) is 5.75 Å². The number of H-pyrrole nitrogens is 1. The fourth-order valence-electron chi connectivity index (χ4n) is 2.56. The van der Waals surface area contributed by atoms with E-state index in [1.54, 1.807) is 12.1 Å². The maximum absolute atomic E-state index is 12.5. The van der Waals surface area contributed by atoms with Crippen molar-refractivity contribution in [2.45, 2.75) is 26.5 Å². The number of carbonyl (C=O) groups is 1. The van der Waals surface area contributed by atoms with Crippen molar-refractivity contribution in [2.24, 2.45) is 0 Å². The van der Waals surface area contributed by atoms with Crippen molar-refractivity contribution in [3.05, 3.63) is 70.9 Å². The lowest BCUT2D eigenvalue weighted by atomic mass is 10.1. The molecule has 6 heteroatoms. The summed E-state index contributed by atoms with van der Waals surface area (Å²) >= 11 is 6.03. The Hall–Kier alpha value is -2.79. The van der Waals surface area contributed by atoms with Gasteiger partial charge in [-0.1, -0.05) is 35.9 Å². The summed E-state index contributed by atoms with van der Waals surface area (Å²) in [7, 11) is 0. The summed E-state index contributed by atoms with van der Waals surface area (Å²) in [5.74, 6) is 0.615. The summed E-state index contributed by atoms with van der Waals surface area (Å²) < 4.78 is 5.62. The number of hydrogen-bond donors (Lipinski definition) is 2. The third kappa shape index (κ3) is 4.43. The highest BCUT2D eigenvalue weighted by Crippen LogP contribution is 2.24. The van der Waals surface area contributed by atoms with E-state index >= 15 is 0 Å². The number of ether oxygens (including phenoxy) is 1. The molecule has 26 heavy (non-hydrogen) atoms. The number of aromatic nitrogens is 2. The molecule has 0 aliphatic heterocycles. The Balaban J connectivity index is 1.67. The van der Waals surface area contributed by atoms with Crippen LogP contribution >= 0.6 is 11.6 Å². The van der Waals surface area contributed by atoms with Crippen LogP contribution in [0.1, 0.15) is 29.8 Å². The fourth-order valence-corrected chi connectivity index (χ4v) is 2.75. The molecule has 1 heterocycles. The Bertz CT molecular complexity index is 888. The number of hydrogen-bond acceptors (Lipinski definition) is 3. The molecule has 0 atom stereocenters. The Morgan fingerprint density at radius 2 is 2.00 bits per heavy atom. The zero-order valence-corrected chi connectivity index (χ0v) is 15.4. The van der Waals surface area contributed by atoms with E-state index in [1.807, 2.05) is 50.2 Å². The molecular weight excluding hydrogens is 350 g/mol. The quantitative estimate of drug-likeness (QED) is 0.674. The Morgan fingerprint density at radius 3 is 2.69 bits per heavy atom. The van der Waals surface area contributed by atoms with Gasteiger partial charge in [-0.25, -0.2) is 0 Å². The first-order chi connectivity index (χ1) is 12.5. The van der Waals surface area contributed by atoms with E-state index in [9.17, 15) is 4.79 Å². The van der Waals surface area contributed by atoms with Crippen LogP contribution in [-0.2, 0) is 6.54 Å². The van der Waals surface area contributed by atoms with Crippen molar-refractivity contribution in [1.29, 1.82) is 0 Å². The van der Waals surface area contributed by atoms with Crippen molar-refractivity contribution < 1.29 is 9.53 Å². The second kappa shape index (κ2) is 8.06. The van der Waals surface area contributed by atoms with Crippen molar-refractivity contribution in [3.8, 4) is 17.0 Å². The third-order valence-electron chi connectivity index (χ3n) is 3.75. The summed E-state index contributed by atoms with van der Waals surface area (Å²) in [6.07, 6.45) is 1.65. The van der Waals surface area contributed by atoms with Crippen LogP contribution in [0.5, 0.6) is 5.75 Å². The van der Waals surface area contributed by atoms with Gasteiger partial charge in [0, 0.05) is 17.1 Å². The van der Waals surface area contributed by atoms with E-state index in [1.165, 1.54) is 6.20 Å². The van der Waals surface area contributed by atoms with Gasteiger partial charge in [0.05, 0.1) is 23.6 Å². The van der Waals surface area contributed by atoms with Gasteiger partial charge in [-0.3, -0.25) is 9.89 Å². The van der Waals surface area contributed by atoms with Crippen LogP contribution in [0, 0.1) is 0 Å². The Morgan fingerprint density at radius 1 is 1.23 bits per heavy atom. The average molecular weight is 370 g/mol. The highest BCUT2D eigenvalue weighted by molar-refractivity contribution is 6.30. The van der Waals surface area contributed by atoms with E-state index in [0.717, 1.165) is 16.9 Å². The maximum Gasteiger partial charge on any atom is 0.255 e. The fraction of sp³-hybridized carbons (Fsp3) is 0.200. The highest BCUT2D eigenvalue weighted by Gasteiger charge is 2.15. The smallest absolute Gasteiger partial charge is 0.255 e. The molecule has 0 bridgehead atoms. The minimum Gasteiger partial charge on any atom is -0.491 e. The predicted octanol–water partition coefficient (Wildman–Crippen LogP) is 4.45. The molecule has 1 aromatic heterocycles. The van der Waals surface area contributed by atoms with Crippen LogP contribution in [0.15, 0.2) is 54.7 Å². The first-order valence-corrected chi connectivity index (χ1v) is 8.74. The minimum absolute atomic E-state index is 0.131. The number of nitrogens with zero attached hydrogens (tertiary/aromatic N) is 1. The lowest BCUT2D eigenvalue weighted by Gasteiger charge is -2.10. The molecule has 0 saturated heterocycles. The molecule has 0 aliphatic carbocycles. The van der Waals surface area contributed by atoms with Gasteiger partial charge in [0.2, 0.25) is 0 Å². The van der Waals surface area contributed by atoms with Crippen LogP contribution in [-0.4, -0.2) is 22.2 Å². The number of benzene rings is 2. The number of carbonyl (C=O) groups excluding carboxylic acids is 1. The number of amides is 1. The molecule has 0 fully saturated rings. The maximum atomic E-state index is 12.5. The van der Waals surface area contributed by atoms with E-state index in [2.05, 4.69) is 15.5 Å². The first kappa shape index (κ1) is 18.0. The van der Waals surface area contributed by atoms with E-state index in [4.69, 9.17) is 16.3 Å². The zero-order valence-electron chi connectivity index (χ0n) is 14.6. The molecule has 0 aliphatic rings. The second-order valence-electron chi connectivity index (χ2n) is 6.16. The number of rotatable bonds is 6. The molecule has 0 spiro atoms. The van der Waals surface area contributed by atoms with Crippen LogP contribution in [0.3, 0.4) is 0 Å². The summed E-state index contributed by atoms with van der Waals surface area (Å²) in [5.41, 5.74) is 2.93. The Labute approximate surface area is 157 Å². The topological polar surface area (TPSA) is 67.0 Å². The summed E-state index contributed by atoms with van der Waals surface area (Å²) in [6.45, 7) is 4.38. The standard InChI is InChI=1S/C20H20ClN3O2/c1-13(2)26-17-8-6-14(7-9-17)11-22-20(25)18-12-23-24-19(18)15-4-3-5-16(21)10-15/h3-10,12-13H,11H2,1-2H3,(H,22,25)(H,23,24). The van der Waals surface area contributed by atoms with Crippen molar-refractivity contribution in [2.75, 3.05) is 0 Å². The van der Waals surface area contributed by atoms with Crippen LogP contribution in [0.25, 0.3) is 11.3 Å². The normalized spacial score (nSPS) is 10.8. The number of halogens is 1. The minimum atomic E-state index is -0.198. The van der Waals surface area contributed by atoms with E-state index in [-0.39, 0.29) is 12.0 Å². The summed E-state index contributed by atoms with van der Waals surface area (Å²) in [5, 5.41) is 10.4. The molecule has 2 aromatic carbocycles. The molecule has 1 amide bonds. The van der Waals surface area contributed by atoms with Crippen LogP contribution in [0.4, 0.5) is 0 Å². The van der Waals surface area contributed by atoms with E-state index in [0.29, 0.717) is 22.8 Å². The lowest BCUT2D eigenvalue weighted by molar-refractivity contribution is 0.0951. The summed E-state index contributed by atoms with van der Waals surface area (Å²) in [4.78, 5) is 12.5. The molecular formula is C20H20ClN3O2. The molecule has 3 rings (SSSR count). The third-order valence-corrected chi connectivity index (χ3v) is 3.98. The molecule has 0 saturated carbocycles. The molecule has 0 radical (unpaired) electrons. The monoisotopic (exact) mass is 369 g/mol. The van der Waals surface area contributed by atoms with Gasteiger partial charge in [0.25, 0.3) is 5.91 Å². The highest BCUT2D eigenvalue weighted by atomic mass is 35.5. The first-order valence-electron chi connectivity index (χ1n) is 8.36. The van der Waals surface area contributed by atoms with Gasteiger partial charge in [-0.2, -0.15) is 5.10 Å². The lowest BCUT2D eigenvalue weighted by Crippen LogP contribution is -2.23. The van der Waals surface area contributed by atoms with Crippen LogP contribution < -0.4 is 10.1 Å². The van der Waals surface area contributed by atoms with Crippen molar-refractivity contribution in [3.63, 3.8) is 0 Å². The van der Waals surface area contributed by atoms with Crippen LogP contribution in [0.2, 0.25) is 5.02 Å². The number of nitrogens with one attached hydrogen (secondary N) is 2. The predicted molar refractivity (Wildman–Crippen MR) is 102 cm³/mol.